The van der Waals surface area contributed by atoms with E-state index in [1.807, 2.05) is 25.1 Å². The van der Waals surface area contributed by atoms with Crippen LogP contribution in [0.4, 0.5) is 0 Å². The molecular weight excluding hydrogens is 232 g/mol. The minimum Gasteiger partial charge on any atom is -0.477 e. The van der Waals surface area contributed by atoms with E-state index >= 15 is 0 Å². The van der Waals surface area contributed by atoms with Gasteiger partial charge in [-0.2, -0.15) is 5.10 Å². The Morgan fingerprint density at radius 3 is 2.94 bits per heavy atom. The number of H-pyrrole nitrogens is 1. The Morgan fingerprint density at radius 1 is 1.39 bits per heavy atom. The van der Waals surface area contributed by atoms with Gasteiger partial charge in [-0.15, -0.1) is 0 Å². The standard InChI is InChI=1S/C13H10N2O3/c1-7-6-18-12-3-2-8(4-9(7)12)10-5-11(13(16)17)15-14-10/h2-6H,1H3,(H,14,15)(H,16,17). The molecule has 2 heterocycles. The molecule has 0 saturated heterocycles. The number of benzene rings is 1. The molecule has 0 fully saturated rings. The Kier molecular flexibility index (Phi) is 2.19. The molecule has 3 aromatic rings. The lowest BCUT2D eigenvalue weighted by Crippen LogP contribution is -1.95. The number of aromatic amines is 1. The third kappa shape index (κ3) is 1.57. The highest BCUT2D eigenvalue weighted by atomic mass is 16.4. The van der Waals surface area contributed by atoms with Gasteiger partial charge in [0.25, 0.3) is 0 Å². The van der Waals surface area contributed by atoms with E-state index in [2.05, 4.69) is 10.2 Å². The molecule has 0 radical (unpaired) electrons. The fourth-order valence-corrected chi connectivity index (χ4v) is 1.89. The van der Waals surface area contributed by atoms with Gasteiger partial charge in [0.2, 0.25) is 0 Å². The third-order valence-electron chi connectivity index (χ3n) is 2.87. The molecule has 0 aliphatic heterocycles. The fraction of sp³-hybridized carbons (Fsp3) is 0.0769. The van der Waals surface area contributed by atoms with Gasteiger partial charge in [-0.05, 0) is 36.8 Å². The number of fused-ring (bicyclic) bond motifs is 1. The minimum atomic E-state index is -1.02. The number of carbonyl (C=O) groups is 1. The Balaban J connectivity index is 2.12. The van der Waals surface area contributed by atoms with Crippen LogP contribution in [0.15, 0.2) is 34.9 Å². The zero-order valence-electron chi connectivity index (χ0n) is 9.60. The quantitative estimate of drug-likeness (QED) is 0.724. The highest BCUT2D eigenvalue weighted by Gasteiger charge is 2.10. The van der Waals surface area contributed by atoms with Gasteiger partial charge in [-0.25, -0.2) is 4.79 Å². The molecule has 0 aliphatic rings. The fourth-order valence-electron chi connectivity index (χ4n) is 1.89. The number of carboxylic acid groups (broad SMARTS) is 1. The Hall–Kier alpha value is -2.56. The second-order valence-electron chi connectivity index (χ2n) is 4.10. The van der Waals surface area contributed by atoms with Crippen molar-refractivity contribution in [2.75, 3.05) is 0 Å². The van der Waals surface area contributed by atoms with Crippen LogP contribution < -0.4 is 0 Å². The number of nitrogens with zero attached hydrogens (tertiary/aromatic N) is 1. The first-order valence-corrected chi connectivity index (χ1v) is 5.42. The summed E-state index contributed by atoms with van der Waals surface area (Å²) in [6.07, 6.45) is 1.70. The predicted molar refractivity (Wildman–Crippen MR) is 65.5 cm³/mol. The van der Waals surface area contributed by atoms with Crippen molar-refractivity contribution >= 4 is 16.9 Å². The van der Waals surface area contributed by atoms with E-state index in [0.29, 0.717) is 5.69 Å². The van der Waals surface area contributed by atoms with Gasteiger partial charge in [-0.3, -0.25) is 5.10 Å². The Labute approximate surface area is 102 Å². The third-order valence-corrected chi connectivity index (χ3v) is 2.87. The highest BCUT2D eigenvalue weighted by Crippen LogP contribution is 2.26. The number of hydrogen-bond donors (Lipinski definition) is 2. The van der Waals surface area contributed by atoms with Crippen molar-refractivity contribution in [3.8, 4) is 11.3 Å². The van der Waals surface area contributed by atoms with E-state index in [-0.39, 0.29) is 5.69 Å². The van der Waals surface area contributed by atoms with Crippen LogP contribution in [0.2, 0.25) is 0 Å². The molecule has 5 nitrogen and oxygen atoms in total. The number of rotatable bonds is 2. The van der Waals surface area contributed by atoms with Crippen LogP contribution in [0, 0.1) is 6.92 Å². The van der Waals surface area contributed by atoms with Crippen LogP contribution >= 0.6 is 0 Å². The molecule has 0 bridgehead atoms. The van der Waals surface area contributed by atoms with Gasteiger partial charge < -0.3 is 9.52 Å². The molecule has 0 amide bonds. The van der Waals surface area contributed by atoms with Crippen molar-refractivity contribution in [1.29, 1.82) is 0 Å². The van der Waals surface area contributed by atoms with Crippen LogP contribution in [0.5, 0.6) is 0 Å². The SMILES string of the molecule is Cc1coc2ccc(-c3cc(C(=O)O)[nH]n3)cc12. The van der Waals surface area contributed by atoms with Crippen LogP contribution in [-0.4, -0.2) is 21.3 Å². The van der Waals surface area contributed by atoms with Gasteiger partial charge in [0.05, 0.1) is 12.0 Å². The van der Waals surface area contributed by atoms with Crippen molar-refractivity contribution < 1.29 is 14.3 Å². The number of aromatic carboxylic acids is 1. The number of aryl methyl sites for hydroxylation is 1. The summed E-state index contributed by atoms with van der Waals surface area (Å²) >= 11 is 0. The lowest BCUT2D eigenvalue weighted by atomic mass is 10.1. The lowest BCUT2D eigenvalue weighted by Gasteiger charge is -1.96. The molecule has 0 spiro atoms. The molecule has 0 saturated carbocycles. The van der Waals surface area contributed by atoms with Crippen LogP contribution in [-0.2, 0) is 0 Å². The minimum absolute atomic E-state index is 0.0778. The largest absolute Gasteiger partial charge is 0.477 e. The van der Waals surface area contributed by atoms with E-state index in [9.17, 15) is 4.79 Å². The molecule has 0 atom stereocenters. The molecule has 1 aromatic carbocycles. The summed E-state index contributed by atoms with van der Waals surface area (Å²) in [5.74, 6) is -1.02. The average molecular weight is 242 g/mol. The molecule has 2 aromatic heterocycles. The van der Waals surface area contributed by atoms with Crippen LogP contribution in [0.1, 0.15) is 16.1 Å². The number of furan rings is 1. The number of hydrogen-bond acceptors (Lipinski definition) is 3. The number of carboxylic acids is 1. The van der Waals surface area contributed by atoms with Crippen LogP contribution in [0.3, 0.4) is 0 Å². The van der Waals surface area contributed by atoms with E-state index in [4.69, 9.17) is 9.52 Å². The molecule has 5 heteroatoms. The maximum atomic E-state index is 10.8. The van der Waals surface area contributed by atoms with Gasteiger partial charge in [0, 0.05) is 10.9 Å². The molecule has 90 valence electrons. The zero-order chi connectivity index (χ0) is 12.7. The van der Waals surface area contributed by atoms with E-state index in [1.165, 1.54) is 6.07 Å². The van der Waals surface area contributed by atoms with Crippen molar-refractivity contribution in [1.82, 2.24) is 10.2 Å². The van der Waals surface area contributed by atoms with E-state index in [1.54, 1.807) is 6.26 Å². The zero-order valence-corrected chi connectivity index (χ0v) is 9.60. The maximum absolute atomic E-state index is 10.8. The molecule has 0 aliphatic carbocycles. The van der Waals surface area contributed by atoms with Crippen molar-refractivity contribution in [2.24, 2.45) is 0 Å². The van der Waals surface area contributed by atoms with E-state index < -0.39 is 5.97 Å². The molecule has 0 unspecified atom stereocenters. The monoisotopic (exact) mass is 242 g/mol. The molecular formula is C13H10N2O3. The smallest absolute Gasteiger partial charge is 0.353 e. The predicted octanol–water partition coefficient (Wildman–Crippen LogP) is 2.83. The topological polar surface area (TPSA) is 79.1 Å². The van der Waals surface area contributed by atoms with Gasteiger partial charge in [-0.1, -0.05) is 0 Å². The average Bonchev–Trinajstić information content (AvgIpc) is 2.96. The summed E-state index contributed by atoms with van der Waals surface area (Å²) in [5.41, 5.74) is 3.39. The first-order chi connectivity index (χ1) is 8.65. The summed E-state index contributed by atoms with van der Waals surface area (Å²) < 4.78 is 5.36. The van der Waals surface area contributed by atoms with E-state index in [0.717, 1.165) is 22.1 Å². The summed E-state index contributed by atoms with van der Waals surface area (Å²) in [7, 11) is 0. The van der Waals surface area contributed by atoms with Crippen molar-refractivity contribution in [3.05, 3.63) is 41.8 Å². The summed E-state index contributed by atoms with van der Waals surface area (Å²) in [6.45, 7) is 1.96. The number of aromatic nitrogens is 2. The van der Waals surface area contributed by atoms with Crippen molar-refractivity contribution in [3.63, 3.8) is 0 Å². The van der Waals surface area contributed by atoms with Crippen molar-refractivity contribution in [2.45, 2.75) is 6.92 Å². The second-order valence-corrected chi connectivity index (χ2v) is 4.10. The summed E-state index contributed by atoms with van der Waals surface area (Å²) in [5, 5.41) is 16.3. The molecule has 2 N–H and O–H groups in total. The lowest BCUT2D eigenvalue weighted by molar-refractivity contribution is 0.0690. The first-order valence-electron chi connectivity index (χ1n) is 5.42. The van der Waals surface area contributed by atoms with Gasteiger partial charge >= 0.3 is 5.97 Å². The molecule has 3 rings (SSSR count). The van der Waals surface area contributed by atoms with Gasteiger partial charge in [0.1, 0.15) is 11.3 Å². The number of nitrogens with one attached hydrogen (secondary N) is 1. The second kappa shape index (κ2) is 3.73. The van der Waals surface area contributed by atoms with Gasteiger partial charge in [0.15, 0.2) is 0 Å². The summed E-state index contributed by atoms with van der Waals surface area (Å²) in [6, 6.07) is 7.16. The Morgan fingerprint density at radius 2 is 2.22 bits per heavy atom. The normalized spacial score (nSPS) is 10.9. The maximum Gasteiger partial charge on any atom is 0.353 e. The first kappa shape index (κ1) is 10.6. The molecule has 18 heavy (non-hydrogen) atoms. The highest BCUT2D eigenvalue weighted by molar-refractivity contribution is 5.89. The van der Waals surface area contributed by atoms with Crippen LogP contribution in [0.25, 0.3) is 22.2 Å². The summed E-state index contributed by atoms with van der Waals surface area (Å²) in [4.78, 5) is 10.8. The Bertz CT molecular complexity index is 740.